The fourth-order valence-corrected chi connectivity index (χ4v) is 2.05. The van der Waals surface area contributed by atoms with Crippen LogP contribution < -0.4 is 0 Å². The highest BCUT2D eigenvalue weighted by atomic mass is 16.2. The molecule has 0 radical (unpaired) electrons. The van der Waals surface area contributed by atoms with Crippen LogP contribution in [-0.2, 0) is 4.79 Å². The summed E-state index contributed by atoms with van der Waals surface area (Å²) in [5.41, 5.74) is -0.242. The number of likely N-dealkylation sites (N-methyl/N-ethyl adjacent to an activating group) is 1. The molecule has 0 saturated heterocycles. The number of nitrogens with zero attached hydrogens (tertiary/aromatic N) is 3. The molecule has 0 fully saturated rings. The van der Waals surface area contributed by atoms with E-state index in [2.05, 4.69) is 30.8 Å². The molecule has 0 spiro atoms. The molecule has 0 aromatic carbocycles. The summed E-state index contributed by atoms with van der Waals surface area (Å²) < 4.78 is 0. The number of carbonyl (C=O) groups is 1. The summed E-state index contributed by atoms with van der Waals surface area (Å²) in [6.07, 6.45) is 0. The van der Waals surface area contributed by atoms with E-state index in [4.69, 9.17) is 0 Å². The molecule has 0 saturated carbocycles. The van der Waals surface area contributed by atoms with Crippen molar-refractivity contribution in [3.05, 3.63) is 0 Å². The van der Waals surface area contributed by atoms with Crippen LogP contribution in [0.1, 0.15) is 41.5 Å². The van der Waals surface area contributed by atoms with Crippen LogP contribution in [0.4, 0.5) is 0 Å². The Kier molecular flexibility index (Phi) is 5.82. The van der Waals surface area contributed by atoms with Crippen LogP contribution in [-0.4, -0.2) is 60.6 Å². The Balaban J connectivity index is 4.51. The summed E-state index contributed by atoms with van der Waals surface area (Å²) in [5, 5.41) is 4.36. The van der Waals surface area contributed by atoms with Gasteiger partial charge in [-0.25, -0.2) is 10.0 Å². The van der Waals surface area contributed by atoms with Crippen molar-refractivity contribution in [3.8, 4) is 0 Å². The van der Waals surface area contributed by atoms with Crippen molar-refractivity contribution in [2.75, 3.05) is 34.2 Å². The van der Waals surface area contributed by atoms with E-state index in [1.165, 1.54) is 0 Å². The molecule has 0 heterocycles. The molecule has 0 rings (SSSR count). The van der Waals surface area contributed by atoms with Gasteiger partial charge in [-0.05, 0) is 20.8 Å². The minimum Gasteiger partial charge on any atom is -0.344 e. The normalized spacial score (nSPS) is 13.3. The van der Waals surface area contributed by atoms with Crippen LogP contribution in [0.15, 0.2) is 0 Å². The van der Waals surface area contributed by atoms with Crippen molar-refractivity contribution < 1.29 is 4.79 Å². The Morgan fingerprint density at radius 1 is 0.889 bits per heavy atom. The molecule has 4 nitrogen and oxygen atoms in total. The quantitative estimate of drug-likeness (QED) is 0.721. The first-order valence-corrected chi connectivity index (χ1v) is 6.58. The summed E-state index contributed by atoms with van der Waals surface area (Å²) in [7, 11) is 5.96. The van der Waals surface area contributed by atoms with E-state index < -0.39 is 0 Å². The predicted molar refractivity (Wildman–Crippen MR) is 77.2 cm³/mol. The Bertz CT molecular complexity index is 274. The van der Waals surface area contributed by atoms with Gasteiger partial charge in [-0.3, -0.25) is 4.79 Å². The molecule has 18 heavy (non-hydrogen) atoms. The monoisotopic (exact) mass is 257 g/mol. The summed E-state index contributed by atoms with van der Waals surface area (Å²) in [5.74, 6) is 0.190. The topological polar surface area (TPSA) is 26.8 Å². The molecule has 0 bridgehead atoms. The second kappa shape index (κ2) is 6.02. The van der Waals surface area contributed by atoms with E-state index >= 15 is 0 Å². The third kappa shape index (κ3) is 5.36. The number of hydrogen-bond acceptors (Lipinski definition) is 3. The van der Waals surface area contributed by atoms with E-state index in [0.717, 1.165) is 13.1 Å². The van der Waals surface area contributed by atoms with Gasteiger partial charge >= 0.3 is 0 Å². The molecular weight excluding hydrogens is 226 g/mol. The second-order valence-corrected chi connectivity index (χ2v) is 7.12. The minimum atomic E-state index is -0.306. The Morgan fingerprint density at radius 3 is 1.61 bits per heavy atom. The van der Waals surface area contributed by atoms with Gasteiger partial charge in [0, 0.05) is 45.2 Å². The van der Waals surface area contributed by atoms with E-state index in [9.17, 15) is 4.79 Å². The van der Waals surface area contributed by atoms with Gasteiger partial charge in [0.05, 0.1) is 0 Å². The fraction of sp³-hybridized carbons (Fsp3) is 0.929. The van der Waals surface area contributed by atoms with Crippen molar-refractivity contribution in [1.29, 1.82) is 0 Å². The molecule has 1 amide bonds. The Labute approximate surface area is 113 Å². The van der Waals surface area contributed by atoms with E-state index in [0.29, 0.717) is 0 Å². The zero-order valence-electron chi connectivity index (χ0n) is 13.7. The highest BCUT2D eigenvalue weighted by Crippen LogP contribution is 2.17. The maximum absolute atomic E-state index is 12.1. The lowest BCUT2D eigenvalue weighted by Crippen LogP contribution is -2.53. The average molecular weight is 257 g/mol. The van der Waals surface area contributed by atoms with Crippen LogP contribution in [0, 0.1) is 5.41 Å². The number of rotatable bonds is 4. The molecule has 108 valence electrons. The van der Waals surface area contributed by atoms with E-state index in [1.807, 2.05) is 46.8 Å². The molecule has 4 heteroatoms. The van der Waals surface area contributed by atoms with Gasteiger partial charge < -0.3 is 4.90 Å². The van der Waals surface area contributed by atoms with Crippen LogP contribution in [0.3, 0.4) is 0 Å². The highest BCUT2D eigenvalue weighted by molar-refractivity contribution is 5.81. The van der Waals surface area contributed by atoms with Crippen molar-refractivity contribution in [2.45, 2.75) is 47.1 Å². The molecule has 0 atom stereocenters. The van der Waals surface area contributed by atoms with Gasteiger partial charge in [-0.2, -0.15) is 0 Å². The van der Waals surface area contributed by atoms with E-state index in [-0.39, 0.29) is 16.9 Å². The number of hydrazine groups is 1. The van der Waals surface area contributed by atoms with Crippen molar-refractivity contribution in [1.82, 2.24) is 14.9 Å². The lowest BCUT2D eigenvalue weighted by molar-refractivity contribution is -0.139. The summed E-state index contributed by atoms with van der Waals surface area (Å²) in [6.45, 7) is 14.0. The van der Waals surface area contributed by atoms with Gasteiger partial charge in [0.2, 0.25) is 5.91 Å². The lowest BCUT2D eigenvalue weighted by Gasteiger charge is -2.41. The van der Waals surface area contributed by atoms with Crippen LogP contribution in [0.5, 0.6) is 0 Å². The lowest BCUT2D eigenvalue weighted by atomic mass is 9.95. The number of hydrogen-bond donors (Lipinski definition) is 0. The van der Waals surface area contributed by atoms with Gasteiger partial charge in [0.25, 0.3) is 0 Å². The van der Waals surface area contributed by atoms with Crippen LogP contribution >= 0.6 is 0 Å². The zero-order valence-corrected chi connectivity index (χ0v) is 13.7. The molecule has 0 aromatic heterocycles. The maximum atomic E-state index is 12.1. The summed E-state index contributed by atoms with van der Waals surface area (Å²) >= 11 is 0. The molecule has 0 N–H and O–H groups in total. The van der Waals surface area contributed by atoms with E-state index in [1.54, 1.807) is 0 Å². The third-order valence-electron chi connectivity index (χ3n) is 2.89. The first-order chi connectivity index (χ1) is 7.87. The molecule has 0 aliphatic heterocycles. The van der Waals surface area contributed by atoms with Gasteiger partial charge in [0.15, 0.2) is 0 Å². The van der Waals surface area contributed by atoms with Crippen LogP contribution in [0.25, 0.3) is 0 Å². The van der Waals surface area contributed by atoms with Gasteiger partial charge in [-0.15, -0.1) is 0 Å². The first-order valence-electron chi connectivity index (χ1n) is 6.58. The number of carbonyl (C=O) groups excluding carboxylic acids is 1. The SMILES string of the molecule is CN(CCN(N(C)C)C(C)(C)C)C(=O)C(C)(C)C. The average Bonchev–Trinajstić information content (AvgIpc) is 2.12. The first kappa shape index (κ1) is 17.4. The molecular formula is C14H31N3O. The summed E-state index contributed by atoms with van der Waals surface area (Å²) in [6, 6.07) is 0. The highest BCUT2D eigenvalue weighted by Gasteiger charge is 2.27. The molecule has 0 aliphatic carbocycles. The predicted octanol–water partition coefficient (Wildman–Crippen LogP) is 2.07. The Morgan fingerprint density at radius 2 is 1.33 bits per heavy atom. The molecule has 0 aliphatic rings. The Hall–Kier alpha value is -0.610. The zero-order chi connectivity index (χ0) is 14.7. The standard InChI is InChI=1S/C14H31N3O/c1-13(2,3)12(18)16(9)10-11-17(15(7)8)14(4,5)6/h10-11H2,1-9H3. The van der Waals surface area contributed by atoms with Crippen molar-refractivity contribution >= 4 is 5.91 Å². The number of amides is 1. The van der Waals surface area contributed by atoms with Gasteiger partial charge in [-0.1, -0.05) is 20.8 Å². The fourth-order valence-electron chi connectivity index (χ4n) is 2.05. The summed E-state index contributed by atoms with van der Waals surface area (Å²) in [4.78, 5) is 13.9. The van der Waals surface area contributed by atoms with Crippen molar-refractivity contribution in [2.24, 2.45) is 5.41 Å². The van der Waals surface area contributed by atoms with Gasteiger partial charge in [0.1, 0.15) is 0 Å². The van der Waals surface area contributed by atoms with Crippen LogP contribution in [0.2, 0.25) is 0 Å². The maximum Gasteiger partial charge on any atom is 0.227 e. The molecule has 0 unspecified atom stereocenters. The largest absolute Gasteiger partial charge is 0.344 e. The molecule has 0 aromatic rings. The second-order valence-electron chi connectivity index (χ2n) is 7.12. The smallest absolute Gasteiger partial charge is 0.227 e. The third-order valence-corrected chi connectivity index (χ3v) is 2.89. The minimum absolute atomic E-state index is 0.0646. The van der Waals surface area contributed by atoms with Crippen molar-refractivity contribution in [3.63, 3.8) is 0 Å².